The van der Waals surface area contributed by atoms with Gasteiger partial charge in [0.05, 0.1) is 22.0 Å². The maximum Gasteiger partial charge on any atom is 0.257 e. The number of anilines is 1. The maximum absolute atomic E-state index is 12.3. The molecule has 0 aliphatic heterocycles. The number of hydrogen-bond acceptors (Lipinski definition) is 5. The van der Waals surface area contributed by atoms with Crippen molar-refractivity contribution in [2.24, 2.45) is 0 Å². The summed E-state index contributed by atoms with van der Waals surface area (Å²) in [6.45, 7) is 0. The Morgan fingerprint density at radius 3 is 2.70 bits per heavy atom. The van der Waals surface area contributed by atoms with Crippen LogP contribution in [0.5, 0.6) is 0 Å². The summed E-state index contributed by atoms with van der Waals surface area (Å²) >= 11 is 6.16. The van der Waals surface area contributed by atoms with Gasteiger partial charge in [-0.15, -0.1) is 0 Å². The highest BCUT2D eigenvalue weighted by Gasteiger charge is 2.27. The maximum atomic E-state index is 12.3. The summed E-state index contributed by atoms with van der Waals surface area (Å²) in [7, 11) is -3.55. The Bertz CT molecular complexity index is 879. The van der Waals surface area contributed by atoms with Gasteiger partial charge in [0.2, 0.25) is 0 Å². The van der Waals surface area contributed by atoms with Gasteiger partial charge < -0.3 is 5.32 Å². The zero-order valence-electron chi connectivity index (χ0n) is 12.3. The van der Waals surface area contributed by atoms with E-state index in [1.165, 1.54) is 18.5 Å². The molecule has 1 amide bonds. The fraction of sp³-hybridized carbons (Fsp3) is 0.267. The zero-order chi connectivity index (χ0) is 16.6. The third-order valence-corrected chi connectivity index (χ3v) is 4.80. The molecular formula is C15H14ClN3O3S. The third-order valence-electron chi connectivity index (χ3n) is 3.47. The average Bonchev–Trinajstić information content (AvgIpc) is 3.31. The topological polar surface area (TPSA) is 89.0 Å². The number of nitrogens with one attached hydrogen (secondary N) is 1. The van der Waals surface area contributed by atoms with E-state index in [1.807, 2.05) is 0 Å². The average molecular weight is 352 g/mol. The minimum atomic E-state index is -3.55. The van der Waals surface area contributed by atoms with Crippen LogP contribution >= 0.6 is 11.6 Å². The van der Waals surface area contributed by atoms with Crippen LogP contribution in [-0.4, -0.2) is 30.5 Å². The smallest absolute Gasteiger partial charge is 0.257 e. The Morgan fingerprint density at radius 1 is 1.35 bits per heavy atom. The van der Waals surface area contributed by atoms with Gasteiger partial charge in [-0.25, -0.2) is 13.4 Å². The second-order valence-corrected chi connectivity index (χ2v) is 7.79. The summed E-state index contributed by atoms with van der Waals surface area (Å²) in [5.74, 6) is -0.102. The molecule has 23 heavy (non-hydrogen) atoms. The van der Waals surface area contributed by atoms with Crippen molar-refractivity contribution in [2.45, 2.75) is 23.8 Å². The van der Waals surface area contributed by atoms with Gasteiger partial charge in [0.25, 0.3) is 5.91 Å². The van der Waals surface area contributed by atoms with Crippen LogP contribution in [0.25, 0.3) is 0 Å². The Morgan fingerprint density at radius 2 is 2.09 bits per heavy atom. The second kappa shape index (κ2) is 5.90. The molecule has 1 aliphatic carbocycles. The van der Waals surface area contributed by atoms with Crippen LogP contribution < -0.4 is 5.32 Å². The molecule has 0 aromatic carbocycles. The number of amides is 1. The van der Waals surface area contributed by atoms with Gasteiger partial charge in [0, 0.05) is 24.6 Å². The van der Waals surface area contributed by atoms with Crippen molar-refractivity contribution in [1.29, 1.82) is 0 Å². The molecular weight excluding hydrogens is 338 g/mol. The predicted molar refractivity (Wildman–Crippen MR) is 86.5 cm³/mol. The molecule has 8 heteroatoms. The molecule has 3 rings (SSSR count). The van der Waals surface area contributed by atoms with E-state index in [4.69, 9.17) is 11.6 Å². The number of aromatic nitrogens is 2. The van der Waals surface area contributed by atoms with Crippen molar-refractivity contribution >= 4 is 33.0 Å². The summed E-state index contributed by atoms with van der Waals surface area (Å²) in [6, 6.07) is 4.58. The van der Waals surface area contributed by atoms with E-state index in [2.05, 4.69) is 15.3 Å². The predicted octanol–water partition coefficient (Wildman–Crippen LogP) is 2.66. The molecule has 6 nitrogen and oxygen atoms in total. The van der Waals surface area contributed by atoms with E-state index in [0.717, 1.165) is 24.8 Å². The number of rotatable bonds is 4. The van der Waals surface area contributed by atoms with E-state index < -0.39 is 15.7 Å². The van der Waals surface area contributed by atoms with Crippen LogP contribution in [0.1, 0.15) is 34.8 Å². The van der Waals surface area contributed by atoms with Crippen LogP contribution in [0.15, 0.2) is 35.6 Å². The summed E-state index contributed by atoms with van der Waals surface area (Å²) in [5.41, 5.74) is 1.20. The lowest BCUT2D eigenvalue weighted by molar-refractivity contribution is 0.102. The molecule has 2 aromatic heterocycles. The van der Waals surface area contributed by atoms with Crippen molar-refractivity contribution in [2.75, 3.05) is 11.6 Å². The Kier molecular flexibility index (Phi) is 4.08. The van der Waals surface area contributed by atoms with Gasteiger partial charge in [0.1, 0.15) is 0 Å². The van der Waals surface area contributed by atoms with Crippen molar-refractivity contribution in [3.05, 3.63) is 46.9 Å². The second-order valence-electron chi connectivity index (χ2n) is 5.45. The highest BCUT2D eigenvalue weighted by molar-refractivity contribution is 7.90. The first kappa shape index (κ1) is 15.9. The minimum Gasteiger partial charge on any atom is -0.319 e. The molecule has 1 N–H and O–H groups in total. The number of hydrogen-bond donors (Lipinski definition) is 1. The number of pyridine rings is 2. The van der Waals surface area contributed by atoms with Gasteiger partial charge >= 0.3 is 0 Å². The molecule has 1 saturated carbocycles. The van der Waals surface area contributed by atoms with Gasteiger partial charge in [0.15, 0.2) is 14.9 Å². The lowest BCUT2D eigenvalue weighted by atomic mass is 10.2. The molecule has 2 aromatic rings. The summed E-state index contributed by atoms with van der Waals surface area (Å²) in [4.78, 5) is 20.4. The third kappa shape index (κ3) is 3.51. The lowest BCUT2D eigenvalue weighted by Crippen LogP contribution is -2.16. The van der Waals surface area contributed by atoms with Gasteiger partial charge in [-0.3, -0.25) is 9.78 Å². The monoisotopic (exact) mass is 351 g/mol. The van der Waals surface area contributed by atoms with Crippen LogP contribution in [0.3, 0.4) is 0 Å². The van der Waals surface area contributed by atoms with Crippen LogP contribution in [0, 0.1) is 0 Å². The Hall–Kier alpha value is -1.99. The molecule has 0 saturated heterocycles. The molecule has 0 bridgehead atoms. The quantitative estimate of drug-likeness (QED) is 0.914. The van der Waals surface area contributed by atoms with E-state index in [1.54, 1.807) is 12.1 Å². The van der Waals surface area contributed by atoms with Crippen LogP contribution in [0.4, 0.5) is 5.69 Å². The lowest BCUT2D eigenvalue weighted by Gasteiger charge is -2.09. The summed E-state index contributed by atoms with van der Waals surface area (Å²) in [6.07, 6.45) is 5.96. The van der Waals surface area contributed by atoms with E-state index in [9.17, 15) is 13.2 Å². The van der Waals surface area contributed by atoms with Crippen LogP contribution in [0.2, 0.25) is 5.02 Å². The molecule has 0 unspecified atom stereocenters. The van der Waals surface area contributed by atoms with Crippen molar-refractivity contribution in [3.8, 4) is 0 Å². The SMILES string of the molecule is CS(=O)(=O)c1ncccc1NC(=O)c1cnc(C2CC2)c(Cl)c1. The Balaban J connectivity index is 1.87. The first-order valence-corrected chi connectivity index (χ1v) is 9.25. The molecule has 2 heterocycles. The van der Waals surface area contributed by atoms with Crippen LogP contribution in [-0.2, 0) is 9.84 Å². The van der Waals surface area contributed by atoms with E-state index >= 15 is 0 Å². The zero-order valence-corrected chi connectivity index (χ0v) is 13.9. The van der Waals surface area contributed by atoms with E-state index in [0.29, 0.717) is 10.9 Å². The standard InChI is InChI=1S/C15H14ClN3O3S/c1-23(21,22)15-12(3-2-6-17-15)19-14(20)10-7-11(16)13(18-8-10)9-4-5-9/h2-3,6-9H,4-5H2,1H3,(H,19,20). The van der Waals surface area contributed by atoms with Gasteiger partial charge in [-0.1, -0.05) is 11.6 Å². The first-order valence-electron chi connectivity index (χ1n) is 6.98. The first-order chi connectivity index (χ1) is 10.9. The molecule has 1 aliphatic rings. The number of halogens is 1. The largest absolute Gasteiger partial charge is 0.319 e. The normalized spacial score (nSPS) is 14.5. The number of carbonyl (C=O) groups is 1. The molecule has 120 valence electrons. The highest BCUT2D eigenvalue weighted by Crippen LogP contribution is 2.42. The van der Waals surface area contributed by atoms with Gasteiger partial charge in [-0.05, 0) is 31.0 Å². The molecule has 0 spiro atoms. The van der Waals surface area contributed by atoms with Crippen molar-refractivity contribution < 1.29 is 13.2 Å². The number of nitrogens with zero attached hydrogens (tertiary/aromatic N) is 2. The van der Waals surface area contributed by atoms with Crippen molar-refractivity contribution in [1.82, 2.24) is 9.97 Å². The van der Waals surface area contributed by atoms with Crippen molar-refractivity contribution in [3.63, 3.8) is 0 Å². The molecule has 1 fully saturated rings. The highest BCUT2D eigenvalue weighted by atomic mass is 35.5. The number of sulfone groups is 1. The minimum absolute atomic E-state index is 0.127. The fourth-order valence-electron chi connectivity index (χ4n) is 2.21. The summed E-state index contributed by atoms with van der Waals surface area (Å²) in [5, 5.41) is 2.82. The summed E-state index contributed by atoms with van der Waals surface area (Å²) < 4.78 is 23.4. The number of carbonyl (C=O) groups excluding carboxylic acids is 1. The molecule has 0 atom stereocenters. The fourth-order valence-corrected chi connectivity index (χ4v) is 3.30. The van der Waals surface area contributed by atoms with E-state index in [-0.39, 0.29) is 16.3 Å². The Labute approximate surface area is 138 Å². The van der Waals surface area contributed by atoms with Gasteiger partial charge in [-0.2, -0.15) is 0 Å². The molecule has 0 radical (unpaired) electrons.